The summed E-state index contributed by atoms with van der Waals surface area (Å²) in [7, 11) is 0. The van der Waals surface area contributed by atoms with Gasteiger partial charge in [-0.25, -0.2) is 9.97 Å². The molecule has 0 fully saturated rings. The molecule has 6 heteroatoms. The lowest BCUT2D eigenvalue weighted by Crippen LogP contribution is -2.25. The number of pyridine rings is 1. The summed E-state index contributed by atoms with van der Waals surface area (Å²) < 4.78 is 15.0. The summed E-state index contributed by atoms with van der Waals surface area (Å²) in [4.78, 5) is 9.11. The van der Waals surface area contributed by atoms with E-state index in [-0.39, 0.29) is 12.1 Å². The molecule has 0 spiro atoms. The van der Waals surface area contributed by atoms with Crippen LogP contribution < -0.4 is 9.47 Å². The predicted octanol–water partition coefficient (Wildman–Crippen LogP) is 4.45. The number of para-hydroxylation sites is 2. The number of aromatic nitrogens is 3. The molecule has 122 valence electrons. The SMILES string of the molecule is C=CC(C)n1c(C2COc3ccccc3O2)nc2ncc(Br)cc21. The molecule has 0 aliphatic carbocycles. The van der Waals surface area contributed by atoms with Crippen molar-refractivity contribution < 1.29 is 9.47 Å². The second-order valence-corrected chi connectivity index (χ2v) is 6.59. The van der Waals surface area contributed by atoms with Crippen molar-refractivity contribution in [2.75, 3.05) is 6.61 Å². The van der Waals surface area contributed by atoms with E-state index < -0.39 is 0 Å². The quantitative estimate of drug-likeness (QED) is 0.624. The molecule has 0 bridgehead atoms. The van der Waals surface area contributed by atoms with Crippen LogP contribution >= 0.6 is 15.9 Å². The maximum absolute atomic E-state index is 6.13. The number of halogens is 1. The largest absolute Gasteiger partial charge is 0.485 e. The van der Waals surface area contributed by atoms with Crippen LogP contribution in [0.3, 0.4) is 0 Å². The molecule has 2 atom stereocenters. The van der Waals surface area contributed by atoms with Gasteiger partial charge in [-0.05, 0) is 41.1 Å². The first-order valence-corrected chi connectivity index (χ1v) is 8.51. The first kappa shape index (κ1) is 15.2. The van der Waals surface area contributed by atoms with E-state index in [1.165, 1.54) is 0 Å². The van der Waals surface area contributed by atoms with Crippen molar-refractivity contribution in [2.24, 2.45) is 0 Å². The molecule has 2 unspecified atom stereocenters. The number of hydrogen-bond donors (Lipinski definition) is 0. The van der Waals surface area contributed by atoms with Crippen molar-refractivity contribution in [3.8, 4) is 11.5 Å². The molecule has 1 aliphatic rings. The van der Waals surface area contributed by atoms with E-state index in [9.17, 15) is 0 Å². The van der Waals surface area contributed by atoms with Gasteiger partial charge in [-0.3, -0.25) is 0 Å². The summed E-state index contributed by atoms with van der Waals surface area (Å²) in [6, 6.07) is 9.73. The zero-order valence-electron chi connectivity index (χ0n) is 13.1. The topological polar surface area (TPSA) is 49.2 Å². The van der Waals surface area contributed by atoms with E-state index >= 15 is 0 Å². The average molecular weight is 386 g/mol. The van der Waals surface area contributed by atoms with Crippen LogP contribution in [-0.4, -0.2) is 21.1 Å². The molecule has 1 aliphatic heterocycles. The minimum absolute atomic E-state index is 0.0573. The van der Waals surface area contributed by atoms with Gasteiger partial charge in [0.05, 0.1) is 11.6 Å². The molecule has 0 radical (unpaired) electrons. The lowest BCUT2D eigenvalue weighted by atomic mass is 10.2. The van der Waals surface area contributed by atoms with Gasteiger partial charge in [0, 0.05) is 10.7 Å². The molecule has 0 amide bonds. The number of allylic oxidation sites excluding steroid dienone is 1. The van der Waals surface area contributed by atoms with Gasteiger partial charge in [-0.2, -0.15) is 0 Å². The Morgan fingerprint density at radius 1 is 1.38 bits per heavy atom. The highest BCUT2D eigenvalue weighted by atomic mass is 79.9. The molecule has 4 rings (SSSR count). The minimum atomic E-state index is -0.296. The highest BCUT2D eigenvalue weighted by Crippen LogP contribution is 2.37. The van der Waals surface area contributed by atoms with Crippen molar-refractivity contribution in [2.45, 2.75) is 19.1 Å². The lowest BCUT2D eigenvalue weighted by Gasteiger charge is -2.27. The predicted molar refractivity (Wildman–Crippen MR) is 95.4 cm³/mol. The second kappa shape index (κ2) is 5.94. The maximum Gasteiger partial charge on any atom is 0.190 e. The van der Waals surface area contributed by atoms with Crippen molar-refractivity contribution in [1.29, 1.82) is 0 Å². The Balaban J connectivity index is 1.83. The number of ether oxygens (including phenoxy) is 2. The van der Waals surface area contributed by atoms with Crippen LogP contribution in [-0.2, 0) is 0 Å². The van der Waals surface area contributed by atoms with E-state index in [2.05, 4.69) is 39.0 Å². The Bertz CT molecular complexity index is 922. The average Bonchev–Trinajstić information content (AvgIpc) is 2.99. The zero-order valence-corrected chi connectivity index (χ0v) is 14.7. The van der Waals surface area contributed by atoms with Gasteiger partial charge >= 0.3 is 0 Å². The van der Waals surface area contributed by atoms with E-state index in [1.54, 1.807) is 6.20 Å². The Hall–Kier alpha value is -2.34. The monoisotopic (exact) mass is 385 g/mol. The van der Waals surface area contributed by atoms with E-state index in [4.69, 9.17) is 14.5 Å². The smallest absolute Gasteiger partial charge is 0.190 e. The molecule has 1 aromatic carbocycles. The number of hydrogen-bond acceptors (Lipinski definition) is 4. The maximum atomic E-state index is 6.13. The first-order chi connectivity index (χ1) is 11.7. The van der Waals surface area contributed by atoms with Gasteiger partial charge in [0.1, 0.15) is 6.61 Å². The van der Waals surface area contributed by atoms with Crippen LogP contribution in [0.5, 0.6) is 11.5 Å². The molecule has 24 heavy (non-hydrogen) atoms. The van der Waals surface area contributed by atoms with Gasteiger partial charge in [-0.15, -0.1) is 6.58 Å². The minimum Gasteiger partial charge on any atom is -0.485 e. The highest BCUT2D eigenvalue weighted by molar-refractivity contribution is 9.10. The molecule has 0 N–H and O–H groups in total. The van der Waals surface area contributed by atoms with Gasteiger partial charge in [0.2, 0.25) is 0 Å². The van der Waals surface area contributed by atoms with Crippen LogP contribution in [0.4, 0.5) is 0 Å². The molecule has 0 saturated heterocycles. The van der Waals surface area contributed by atoms with Gasteiger partial charge in [0.25, 0.3) is 0 Å². The summed E-state index contributed by atoms with van der Waals surface area (Å²) in [5, 5.41) is 0. The standard InChI is InChI=1S/C18H16BrN3O2/c1-3-11(2)22-13-8-12(19)9-20-17(13)21-18(22)16-10-23-14-6-4-5-7-15(14)24-16/h3-9,11,16H,1,10H2,2H3. The summed E-state index contributed by atoms with van der Waals surface area (Å²) >= 11 is 3.48. The van der Waals surface area contributed by atoms with E-state index in [1.807, 2.05) is 36.4 Å². The van der Waals surface area contributed by atoms with Gasteiger partial charge in [0.15, 0.2) is 29.1 Å². The van der Waals surface area contributed by atoms with Crippen LogP contribution in [0.1, 0.15) is 24.9 Å². The normalized spacial score (nSPS) is 17.7. The Labute approximate surface area is 148 Å². The lowest BCUT2D eigenvalue weighted by molar-refractivity contribution is 0.0824. The van der Waals surface area contributed by atoms with Crippen molar-refractivity contribution >= 4 is 27.1 Å². The van der Waals surface area contributed by atoms with Gasteiger partial charge in [-0.1, -0.05) is 18.2 Å². The Morgan fingerprint density at radius 2 is 2.17 bits per heavy atom. The Morgan fingerprint density at radius 3 is 2.96 bits per heavy atom. The number of nitrogens with zero attached hydrogens (tertiary/aromatic N) is 3. The third-order valence-electron chi connectivity index (χ3n) is 4.09. The van der Waals surface area contributed by atoms with Crippen LogP contribution in [0.2, 0.25) is 0 Å². The fourth-order valence-electron chi connectivity index (χ4n) is 2.88. The van der Waals surface area contributed by atoms with E-state index in [0.29, 0.717) is 12.3 Å². The van der Waals surface area contributed by atoms with Crippen LogP contribution in [0, 0.1) is 0 Å². The Kier molecular flexibility index (Phi) is 3.76. The number of rotatable bonds is 3. The van der Waals surface area contributed by atoms with Crippen molar-refractivity contribution in [3.05, 3.63) is 59.5 Å². The van der Waals surface area contributed by atoms with Crippen molar-refractivity contribution in [1.82, 2.24) is 14.5 Å². The molecule has 2 aromatic heterocycles. The highest BCUT2D eigenvalue weighted by Gasteiger charge is 2.29. The third-order valence-corrected chi connectivity index (χ3v) is 4.52. The molecule has 0 saturated carbocycles. The van der Waals surface area contributed by atoms with Crippen LogP contribution in [0.15, 0.2) is 53.7 Å². The molecular formula is C18H16BrN3O2. The fraction of sp³-hybridized carbons (Fsp3) is 0.222. The van der Waals surface area contributed by atoms with Crippen molar-refractivity contribution in [3.63, 3.8) is 0 Å². The molecule has 3 heterocycles. The molecular weight excluding hydrogens is 370 g/mol. The summed E-state index contributed by atoms with van der Waals surface area (Å²) in [6.45, 7) is 6.39. The third kappa shape index (κ3) is 2.47. The second-order valence-electron chi connectivity index (χ2n) is 5.68. The number of imidazole rings is 1. The van der Waals surface area contributed by atoms with Gasteiger partial charge < -0.3 is 14.0 Å². The van der Waals surface area contributed by atoms with E-state index in [0.717, 1.165) is 27.3 Å². The first-order valence-electron chi connectivity index (χ1n) is 7.72. The number of fused-ring (bicyclic) bond motifs is 2. The number of benzene rings is 1. The fourth-order valence-corrected chi connectivity index (χ4v) is 3.20. The van der Waals surface area contributed by atoms with Crippen LogP contribution in [0.25, 0.3) is 11.2 Å². The summed E-state index contributed by atoms with van der Waals surface area (Å²) in [5.74, 6) is 2.28. The zero-order chi connectivity index (χ0) is 16.7. The molecule has 5 nitrogen and oxygen atoms in total. The molecule has 3 aromatic rings. The summed E-state index contributed by atoms with van der Waals surface area (Å²) in [6.07, 6.45) is 3.33. The summed E-state index contributed by atoms with van der Waals surface area (Å²) in [5.41, 5.74) is 1.62.